The third-order valence-electron chi connectivity index (χ3n) is 6.01. The number of anilines is 2. The van der Waals surface area contributed by atoms with E-state index in [4.69, 9.17) is 4.74 Å². The summed E-state index contributed by atoms with van der Waals surface area (Å²) in [6, 6.07) is 22.7. The maximum Gasteiger partial charge on any atom is 0.338 e. The molecule has 0 aliphatic carbocycles. The third-order valence-corrected chi connectivity index (χ3v) is 6.01. The molecular weight excluding hydrogens is 452 g/mol. The van der Waals surface area contributed by atoms with Crippen LogP contribution in [0.1, 0.15) is 41.0 Å². The van der Waals surface area contributed by atoms with E-state index in [1.165, 1.54) is 0 Å². The van der Waals surface area contributed by atoms with Crippen molar-refractivity contribution >= 4 is 34.5 Å². The highest BCUT2D eigenvalue weighted by Gasteiger charge is 2.29. The first-order chi connectivity index (χ1) is 17.6. The van der Waals surface area contributed by atoms with E-state index in [9.17, 15) is 9.59 Å². The van der Waals surface area contributed by atoms with Gasteiger partial charge in [-0.15, -0.1) is 0 Å². The molecule has 3 N–H and O–H groups in total. The molecule has 0 radical (unpaired) electrons. The number of fused-ring (bicyclic) bond motifs is 1. The number of benzene rings is 3. The van der Waals surface area contributed by atoms with Crippen LogP contribution in [0.3, 0.4) is 0 Å². The van der Waals surface area contributed by atoms with E-state index in [2.05, 4.69) is 27.5 Å². The molecule has 7 heteroatoms. The second-order valence-electron chi connectivity index (χ2n) is 8.35. The summed E-state index contributed by atoms with van der Waals surface area (Å²) in [5.74, 6) is 0.161. The molecule has 1 aliphatic heterocycles. The van der Waals surface area contributed by atoms with Gasteiger partial charge in [0.25, 0.3) is 5.91 Å². The number of esters is 1. The van der Waals surface area contributed by atoms with E-state index in [-0.39, 0.29) is 12.5 Å². The van der Waals surface area contributed by atoms with Gasteiger partial charge in [-0.2, -0.15) is 0 Å². The average molecular weight is 479 g/mol. The topological polar surface area (TPSA) is 96.1 Å². The zero-order chi connectivity index (χ0) is 25.1. The van der Waals surface area contributed by atoms with E-state index >= 15 is 0 Å². The smallest absolute Gasteiger partial charge is 0.338 e. The van der Waals surface area contributed by atoms with Gasteiger partial charge >= 0.3 is 5.97 Å². The first-order valence-electron chi connectivity index (χ1n) is 11.9. The van der Waals surface area contributed by atoms with Crippen molar-refractivity contribution in [2.75, 3.05) is 17.2 Å². The Labute approximate surface area is 209 Å². The molecule has 7 nitrogen and oxygen atoms in total. The first kappa shape index (κ1) is 23.1. The van der Waals surface area contributed by atoms with E-state index in [1.807, 2.05) is 60.8 Å². The quantitative estimate of drug-likeness (QED) is 0.232. The minimum atomic E-state index is -0.420. The lowest BCUT2D eigenvalue weighted by atomic mass is 9.99. The lowest BCUT2D eigenvalue weighted by molar-refractivity contribution is -0.110. The number of aryl methyl sites for hydroxylation is 1. The number of nitrogens with zero attached hydrogens (tertiary/aromatic N) is 1. The zero-order valence-corrected chi connectivity index (χ0v) is 20.1. The zero-order valence-electron chi connectivity index (χ0n) is 20.1. The summed E-state index contributed by atoms with van der Waals surface area (Å²) in [7, 11) is 0. The molecule has 0 atom stereocenters. The molecule has 180 valence electrons. The second kappa shape index (κ2) is 9.92. The van der Waals surface area contributed by atoms with E-state index in [0.717, 1.165) is 40.3 Å². The Morgan fingerprint density at radius 1 is 0.972 bits per heavy atom. The Morgan fingerprint density at radius 3 is 2.44 bits per heavy atom. The molecule has 4 aromatic rings. The largest absolute Gasteiger partial charge is 0.462 e. The van der Waals surface area contributed by atoms with Crippen LogP contribution in [0.5, 0.6) is 0 Å². The standard InChI is InChI=1S/C29H26N4O3/c1-3-21-17-30-27(32-21)19-10-13-22(14-11-19)31-26(18-8-6-5-7-9-18)25-23-15-12-20(29(35)36-4-2)16-24(23)33-28(25)34/h5-17,31H,3-4H2,1-2H3,(H,30,32)(H,33,34)/b26-25-. The van der Waals surface area contributed by atoms with Crippen LogP contribution in [0.2, 0.25) is 0 Å². The van der Waals surface area contributed by atoms with Gasteiger partial charge in [-0.25, -0.2) is 9.78 Å². The maximum absolute atomic E-state index is 13.2. The maximum atomic E-state index is 13.2. The van der Waals surface area contributed by atoms with Crippen molar-refractivity contribution in [1.29, 1.82) is 0 Å². The molecule has 1 aliphatic rings. The number of hydrogen-bond acceptors (Lipinski definition) is 5. The van der Waals surface area contributed by atoms with Crippen LogP contribution in [0, 0.1) is 0 Å². The summed E-state index contributed by atoms with van der Waals surface area (Å²) < 4.78 is 5.10. The molecule has 36 heavy (non-hydrogen) atoms. The number of amides is 1. The lowest BCUT2D eigenvalue weighted by Gasteiger charge is -2.15. The monoisotopic (exact) mass is 478 g/mol. The van der Waals surface area contributed by atoms with Gasteiger partial charge in [0, 0.05) is 23.0 Å². The van der Waals surface area contributed by atoms with Crippen molar-refractivity contribution in [2.24, 2.45) is 0 Å². The van der Waals surface area contributed by atoms with Crippen molar-refractivity contribution in [3.05, 3.63) is 101 Å². The Morgan fingerprint density at radius 2 is 1.75 bits per heavy atom. The Bertz CT molecular complexity index is 1450. The average Bonchev–Trinajstić information content (AvgIpc) is 3.52. The molecule has 1 amide bonds. The summed E-state index contributed by atoms with van der Waals surface area (Å²) in [6.45, 7) is 4.11. The summed E-state index contributed by atoms with van der Waals surface area (Å²) in [4.78, 5) is 33.2. The fourth-order valence-corrected chi connectivity index (χ4v) is 4.19. The molecule has 3 aromatic carbocycles. The molecule has 0 unspecified atom stereocenters. The Hall–Kier alpha value is -4.65. The van der Waals surface area contributed by atoms with Crippen molar-refractivity contribution < 1.29 is 14.3 Å². The molecule has 2 heterocycles. The predicted molar refractivity (Wildman–Crippen MR) is 141 cm³/mol. The van der Waals surface area contributed by atoms with Gasteiger partial charge in [-0.3, -0.25) is 4.79 Å². The number of ether oxygens (including phenoxy) is 1. The van der Waals surface area contributed by atoms with Crippen LogP contribution in [-0.4, -0.2) is 28.5 Å². The molecule has 5 rings (SSSR count). The normalized spacial score (nSPS) is 13.7. The van der Waals surface area contributed by atoms with Crippen LogP contribution in [0.25, 0.3) is 22.7 Å². The van der Waals surface area contributed by atoms with Crippen LogP contribution >= 0.6 is 0 Å². The highest BCUT2D eigenvalue weighted by atomic mass is 16.5. The number of imidazole rings is 1. The summed E-state index contributed by atoms with van der Waals surface area (Å²) in [5.41, 5.74) is 6.57. The summed E-state index contributed by atoms with van der Waals surface area (Å²) >= 11 is 0. The van der Waals surface area contributed by atoms with Crippen LogP contribution in [0.15, 0.2) is 79.0 Å². The third kappa shape index (κ3) is 4.51. The van der Waals surface area contributed by atoms with Crippen molar-refractivity contribution in [3.8, 4) is 11.4 Å². The minimum absolute atomic E-state index is 0.239. The van der Waals surface area contributed by atoms with E-state index in [1.54, 1.807) is 25.1 Å². The second-order valence-corrected chi connectivity index (χ2v) is 8.35. The highest BCUT2D eigenvalue weighted by Crippen LogP contribution is 2.38. The van der Waals surface area contributed by atoms with Crippen LogP contribution in [0.4, 0.5) is 11.4 Å². The summed E-state index contributed by atoms with van der Waals surface area (Å²) in [5, 5.41) is 6.36. The van der Waals surface area contributed by atoms with Gasteiger partial charge in [0.05, 0.1) is 34.8 Å². The molecule has 0 fully saturated rings. The van der Waals surface area contributed by atoms with Crippen LogP contribution < -0.4 is 10.6 Å². The number of aromatic amines is 1. The number of nitrogens with one attached hydrogen (secondary N) is 3. The van der Waals surface area contributed by atoms with Gasteiger partial charge in [-0.05, 0) is 55.3 Å². The molecule has 0 bridgehead atoms. The van der Waals surface area contributed by atoms with Crippen molar-refractivity contribution in [2.45, 2.75) is 20.3 Å². The van der Waals surface area contributed by atoms with Gasteiger partial charge in [-0.1, -0.05) is 43.3 Å². The highest BCUT2D eigenvalue weighted by molar-refractivity contribution is 6.37. The fourth-order valence-electron chi connectivity index (χ4n) is 4.19. The molecular formula is C29H26N4O3. The number of aromatic nitrogens is 2. The van der Waals surface area contributed by atoms with E-state index < -0.39 is 5.97 Å². The number of carbonyl (C=O) groups excluding carboxylic acids is 2. The van der Waals surface area contributed by atoms with Gasteiger partial charge in [0.1, 0.15) is 5.82 Å². The molecule has 0 spiro atoms. The Balaban J connectivity index is 1.53. The number of hydrogen-bond donors (Lipinski definition) is 3. The minimum Gasteiger partial charge on any atom is -0.462 e. The molecule has 0 saturated heterocycles. The predicted octanol–water partition coefficient (Wildman–Crippen LogP) is 5.75. The van der Waals surface area contributed by atoms with Crippen molar-refractivity contribution in [1.82, 2.24) is 9.97 Å². The number of H-pyrrole nitrogens is 1. The molecule has 1 aromatic heterocycles. The fraction of sp³-hybridized carbons (Fsp3) is 0.138. The van der Waals surface area contributed by atoms with E-state index in [0.29, 0.717) is 22.5 Å². The summed E-state index contributed by atoms with van der Waals surface area (Å²) in [6.07, 6.45) is 2.79. The lowest BCUT2D eigenvalue weighted by Crippen LogP contribution is -2.10. The Kier molecular flexibility index (Phi) is 6.36. The van der Waals surface area contributed by atoms with Crippen LogP contribution in [-0.2, 0) is 16.0 Å². The van der Waals surface area contributed by atoms with Crippen molar-refractivity contribution in [3.63, 3.8) is 0 Å². The number of carbonyl (C=O) groups is 2. The van der Waals surface area contributed by atoms with Gasteiger partial charge in [0.15, 0.2) is 0 Å². The number of rotatable bonds is 7. The van der Waals surface area contributed by atoms with Gasteiger partial charge in [0.2, 0.25) is 0 Å². The van der Waals surface area contributed by atoms with Gasteiger partial charge < -0.3 is 20.4 Å². The molecule has 0 saturated carbocycles. The first-order valence-corrected chi connectivity index (χ1v) is 11.9. The SMILES string of the molecule is CCOC(=O)c1ccc2c(c1)NC(=O)/C2=C(\Nc1ccc(-c2nc(CC)c[nH]2)cc1)c1ccccc1.